The monoisotopic (exact) mass is 359 g/mol. The predicted octanol–water partition coefficient (Wildman–Crippen LogP) is 1.05. The molecule has 2 heterocycles. The topological polar surface area (TPSA) is 96.3 Å². The summed E-state index contributed by atoms with van der Waals surface area (Å²) in [6.45, 7) is 3.14. The Bertz CT molecular complexity index is 863. The molecule has 1 fully saturated rings. The average molecular weight is 359 g/mol. The van der Waals surface area contributed by atoms with E-state index in [4.69, 9.17) is 0 Å². The second kappa shape index (κ2) is 6.95. The quantitative estimate of drug-likeness (QED) is 0.780. The fraction of sp³-hybridized carbons (Fsp3) is 0.294. The number of hydrogen-bond acceptors (Lipinski definition) is 4. The van der Waals surface area contributed by atoms with E-state index in [1.807, 2.05) is 6.92 Å². The first-order valence-corrected chi connectivity index (χ1v) is 8.05. The van der Waals surface area contributed by atoms with Gasteiger partial charge in [0.2, 0.25) is 5.91 Å². The van der Waals surface area contributed by atoms with Crippen LogP contribution in [0.4, 0.5) is 9.18 Å². The van der Waals surface area contributed by atoms with Gasteiger partial charge in [0.15, 0.2) is 0 Å². The largest absolute Gasteiger partial charge is 0.348 e. The summed E-state index contributed by atoms with van der Waals surface area (Å²) < 4.78 is 15.0. The Hall–Kier alpha value is -3.23. The van der Waals surface area contributed by atoms with Crippen LogP contribution in [0.15, 0.2) is 30.5 Å². The molecule has 1 atom stereocenters. The molecule has 1 aromatic heterocycles. The molecule has 0 spiro atoms. The third kappa shape index (κ3) is 3.41. The minimum absolute atomic E-state index is 0.0961. The summed E-state index contributed by atoms with van der Waals surface area (Å²) in [5, 5.41) is 9.35. The number of carbonyl (C=O) groups excluding carboxylic acids is 3. The summed E-state index contributed by atoms with van der Waals surface area (Å²) in [6, 6.07) is 5.06. The molecule has 1 saturated heterocycles. The summed E-state index contributed by atoms with van der Waals surface area (Å²) in [5.41, 5.74) is 2.07. The zero-order chi connectivity index (χ0) is 18.8. The van der Waals surface area contributed by atoms with Gasteiger partial charge in [-0.1, -0.05) is 6.07 Å². The van der Waals surface area contributed by atoms with Crippen molar-refractivity contribution in [1.82, 2.24) is 25.3 Å². The van der Waals surface area contributed by atoms with Crippen LogP contribution in [-0.2, 0) is 9.59 Å². The van der Waals surface area contributed by atoms with E-state index in [1.54, 1.807) is 29.9 Å². The predicted molar refractivity (Wildman–Crippen MR) is 89.9 cm³/mol. The first-order valence-electron chi connectivity index (χ1n) is 8.05. The van der Waals surface area contributed by atoms with Gasteiger partial charge < -0.3 is 10.6 Å². The second-order valence-electron chi connectivity index (χ2n) is 6.00. The minimum Gasteiger partial charge on any atom is -0.348 e. The molecule has 8 nitrogen and oxygen atoms in total. The number of amides is 4. The second-order valence-corrected chi connectivity index (χ2v) is 6.00. The van der Waals surface area contributed by atoms with Gasteiger partial charge in [-0.05, 0) is 32.0 Å². The van der Waals surface area contributed by atoms with E-state index >= 15 is 0 Å². The Labute approximate surface area is 149 Å². The van der Waals surface area contributed by atoms with E-state index in [0.29, 0.717) is 5.69 Å². The van der Waals surface area contributed by atoms with Crippen LogP contribution in [0.25, 0.3) is 5.69 Å². The third-order valence-corrected chi connectivity index (χ3v) is 4.18. The van der Waals surface area contributed by atoms with E-state index in [0.717, 1.165) is 16.2 Å². The van der Waals surface area contributed by atoms with Gasteiger partial charge in [0.1, 0.15) is 12.4 Å². The van der Waals surface area contributed by atoms with E-state index < -0.39 is 23.9 Å². The minimum atomic E-state index is -0.576. The van der Waals surface area contributed by atoms with E-state index in [1.165, 1.54) is 12.1 Å². The Kier molecular flexibility index (Phi) is 4.70. The normalized spacial score (nSPS) is 15.1. The van der Waals surface area contributed by atoms with Crippen molar-refractivity contribution in [3.8, 4) is 5.69 Å². The Morgan fingerprint density at radius 3 is 2.85 bits per heavy atom. The summed E-state index contributed by atoms with van der Waals surface area (Å²) >= 11 is 0. The molecule has 3 rings (SSSR count). The lowest BCUT2D eigenvalue weighted by Gasteiger charge is -2.17. The number of rotatable bonds is 5. The molecule has 0 radical (unpaired) electrons. The summed E-state index contributed by atoms with van der Waals surface area (Å²) in [7, 11) is 0. The number of halogens is 1. The van der Waals surface area contributed by atoms with Crippen LogP contribution in [0.2, 0.25) is 0 Å². The van der Waals surface area contributed by atoms with Crippen LogP contribution < -0.4 is 10.6 Å². The highest BCUT2D eigenvalue weighted by Crippen LogP contribution is 2.20. The van der Waals surface area contributed by atoms with Crippen LogP contribution in [0.1, 0.15) is 24.2 Å². The Morgan fingerprint density at radius 1 is 1.42 bits per heavy atom. The van der Waals surface area contributed by atoms with Crippen molar-refractivity contribution in [3.05, 3.63) is 47.5 Å². The van der Waals surface area contributed by atoms with Crippen molar-refractivity contribution in [2.24, 2.45) is 0 Å². The van der Waals surface area contributed by atoms with E-state index in [-0.39, 0.29) is 18.9 Å². The maximum absolute atomic E-state index is 13.4. The zero-order valence-corrected chi connectivity index (χ0v) is 14.3. The molecule has 1 aromatic carbocycles. The number of benzene rings is 1. The van der Waals surface area contributed by atoms with Gasteiger partial charge in [-0.15, -0.1) is 0 Å². The highest BCUT2D eigenvalue weighted by atomic mass is 19.1. The number of urea groups is 1. The number of imide groups is 1. The first-order chi connectivity index (χ1) is 12.4. The SMILES string of the molecule is Cc1c([C@H](C)NC(=O)CN2C(=O)CNC2=O)cnn1-c1cccc(F)c1. The van der Waals surface area contributed by atoms with Gasteiger partial charge >= 0.3 is 6.03 Å². The van der Waals surface area contributed by atoms with Crippen LogP contribution in [0, 0.1) is 12.7 Å². The summed E-state index contributed by atoms with van der Waals surface area (Å²) in [6.07, 6.45) is 1.60. The molecule has 2 N–H and O–H groups in total. The molecular weight excluding hydrogens is 341 g/mol. The Balaban J connectivity index is 1.70. The lowest BCUT2D eigenvalue weighted by atomic mass is 10.1. The van der Waals surface area contributed by atoms with Gasteiger partial charge in [-0.3, -0.25) is 14.5 Å². The van der Waals surface area contributed by atoms with Crippen molar-refractivity contribution in [1.29, 1.82) is 0 Å². The highest BCUT2D eigenvalue weighted by Gasteiger charge is 2.30. The average Bonchev–Trinajstić information content (AvgIpc) is 3.12. The number of nitrogens with zero attached hydrogens (tertiary/aromatic N) is 3. The number of hydrogen-bond donors (Lipinski definition) is 2. The van der Waals surface area contributed by atoms with Gasteiger partial charge in [0.25, 0.3) is 5.91 Å². The number of carbonyl (C=O) groups is 3. The van der Waals surface area contributed by atoms with Crippen LogP contribution in [0.3, 0.4) is 0 Å². The summed E-state index contributed by atoms with van der Waals surface area (Å²) in [5.74, 6) is -1.26. The van der Waals surface area contributed by atoms with Crippen LogP contribution >= 0.6 is 0 Å². The van der Waals surface area contributed by atoms with Crippen molar-refractivity contribution >= 4 is 17.8 Å². The molecule has 9 heteroatoms. The van der Waals surface area contributed by atoms with Crippen molar-refractivity contribution < 1.29 is 18.8 Å². The van der Waals surface area contributed by atoms with Gasteiger partial charge in [0, 0.05) is 11.3 Å². The van der Waals surface area contributed by atoms with Crippen molar-refractivity contribution in [2.45, 2.75) is 19.9 Å². The fourth-order valence-corrected chi connectivity index (χ4v) is 2.84. The van der Waals surface area contributed by atoms with Gasteiger partial charge in [-0.25, -0.2) is 13.9 Å². The molecule has 136 valence electrons. The molecule has 1 aliphatic heterocycles. The molecule has 26 heavy (non-hydrogen) atoms. The third-order valence-electron chi connectivity index (χ3n) is 4.18. The number of aromatic nitrogens is 2. The Morgan fingerprint density at radius 2 is 2.19 bits per heavy atom. The van der Waals surface area contributed by atoms with E-state index in [2.05, 4.69) is 15.7 Å². The van der Waals surface area contributed by atoms with Gasteiger partial charge in [0.05, 0.1) is 24.5 Å². The molecule has 1 aliphatic rings. The molecule has 0 bridgehead atoms. The highest BCUT2D eigenvalue weighted by molar-refractivity contribution is 6.04. The lowest BCUT2D eigenvalue weighted by Crippen LogP contribution is -2.41. The first kappa shape index (κ1) is 17.6. The van der Waals surface area contributed by atoms with Crippen LogP contribution in [0.5, 0.6) is 0 Å². The molecular formula is C17H18FN5O3. The van der Waals surface area contributed by atoms with Gasteiger partial charge in [-0.2, -0.15) is 5.10 Å². The molecule has 0 unspecified atom stereocenters. The van der Waals surface area contributed by atoms with Crippen molar-refractivity contribution in [2.75, 3.05) is 13.1 Å². The number of nitrogens with one attached hydrogen (secondary N) is 2. The smallest absolute Gasteiger partial charge is 0.325 e. The molecule has 4 amide bonds. The lowest BCUT2D eigenvalue weighted by molar-refractivity contribution is -0.130. The van der Waals surface area contributed by atoms with Crippen LogP contribution in [-0.4, -0.2) is 45.6 Å². The standard InChI is InChI=1S/C17H18FN5O3/c1-10(21-15(24)9-22-16(25)8-19-17(22)26)14-7-20-23(11(14)2)13-5-3-4-12(18)6-13/h3-7,10H,8-9H2,1-2H3,(H,19,26)(H,21,24)/t10-/m0/s1. The zero-order valence-electron chi connectivity index (χ0n) is 14.3. The fourth-order valence-electron chi connectivity index (χ4n) is 2.84. The van der Waals surface area contributed by atoms with E-state index in [9.17, 15) is 18.8 Å². The summed E-state index contributed by atoms with van der Waals surface area (Å²) in [4.78, 5) is 36.0. The maximum Gasteiger partial charge on any atom is 0.325 e. The molecule has 0 saturated carbocycles. The maximum atomic E-state index is 13.4. The van der Waals surface area contributed by atoms with Crippen molar-refractivity contribution in [3.63, 3.8) is 0 Å². The molecule has 2 aromatic rings. The molecule has 0 aliphatic carbocycles.